The van der Waals surface area contributed by atoms with E-state index >= 15 is 0 Å². The number of nitrogens with zero attached hydrogens (tertiary/aromatic N) is 2. The molecule has 0 spiro atoms. The van der Waals surface area contributed by atoms with Crippen LogP contribution in [0.15, 0.2) is 22.7 Å². The van der Waals surface area contributed by atoms with Gasteiger partial charge in [-0.2, -0.15) is 5.26 Å². The monoisotopic (exact) mass is 320 g/mol. The van der Waals surface area contributed by atoms with E-state index in [-0.39, 0.29) is 5.91 Å². The maximum atomic E-state index is 12.6. The minimum Gasteiger partial charge on any atom is -0.313 e. The fraction of sp³-hybridized carbons (Fsp3) is 0.467. The molecule has 1 aliphatic heterocycles. The summed E-state index contributed by atoms with van der Waals surface area (Å²) in [6.07, 6.45) is 0.517. The third-order valence-corrected chi connectivity index (χ3v) is 4.43. The number of anilines is 1. The maximum absolute atomic E-state index is 12.6. The molecule has 0 N–H and O–H groups in total. The molecule has 0 unspecified atom stereocenters. The number of hydrogen-bond donors (Lipinski definition) is 0. The molecule has 0 fully saturated rings. The first-order valence-electron chi connectivity index (χ1n) is 6.21. The Balaban J connectivity index is 2.59. The summed E-state index contributed by atoms with van der Waals surface area (Å²) < 4.78 is 0.916. The molecule has 19 heavy (non-hydrogen) atoms. The molecule has 0 saturated heterocycles. The smallest absolute Gasteiger partial charge is 0.237 e. The van der Waals surface area contributed by atoms with Gasteiger partial charge in [0.2, 0.25) is 5.91 Å². The summed E-state index contributed by atoms with van der Waals surface area (Å²) in [4.78, 5) is 14.3. The minimum atomic E-state index is -0.632. The van der Waals surface area contributed by atoms with Gasteiger partial charge in [0.25, 0.3) is 0 Å². The molecule has 1 aromatic rings. The minimum absolute atomic E-state index is 0.0534. The first-order chi connectivity index (χ1) is 8.73. The van der Waals surface area contributed by atoms with Crippen LogP contribution in [-0.2, 0) is 10.2 Å². The Hall–Kier alpha value is -1.34. The van der Waals surface area contributed by atoms with Crippen molar-refractivity contribution in [1.29, 1.82) is 5.26 Å². The summed E-state index contributed by atoms with van der Waals surface area (Å²) in [5.74, 6) is 0.0534. The van der Waals surface area contributed by atoms with E-state index in [2.05, 4.69) is 22.0 Å². The van der Waals surface area contributed by atoms with Crippen LogP contribution < -0.4 is 4.90 Å². The van der Waals surface area contributed by atoms with Crippen molar-refractivity contribution in [2.75, 3.05) is 11.9 Å². The van der Waals surface area contributed by atoms with E-state index in [9.17, 15) is 10.1 Å². The molecular formula is C15H17BrN2O. The van der Waals surface area contributed by atoms with Gasteiger partial charge in [0, 0.05) is 11.5 Å². The maximum Gasteiger partial charge on any atom is 0.237 e. The second-order valence-electron chi connectivity index (χ2n) is 6.00. The van der Waals surface area contributed by atoms with E-state index in [1.54, 1.807) is 11.9 Å². The number of rotatable bonds is 2. The van der Waals surface area contributed by atoms with Crippen LogP contribution in [0.2, 0.25) is 0 Å². The Morgan fingerprint density at radius 2 is 2.11 bits per heavy atom. The van der Waals surface area contributed by atoms with Crippen LogP contribution in [-0.4, -0.2) is 13.0 Å². The molecule has 0 aromatic heterocycles. The number of amides is 1. The van der Waals surface area contributed by atoms with Gasteiger partial charge in [0.1, 0.15) is 0 Å². The highest BCUT2D eigenvalue weighted by molar-refractivity contribution is 9.10. The van der Waals surface area contributed by atoms with Crippen molar-refractivity contribution in [2.24, 2.45) is 5.41 Å². The van der Waals surface area contributed by atoms with Gasteiger partial charge in [-0.25, -0.2) is 0 Å². The van der Waals surface area contributed by atoms with Crippen molar-refractivity contribution in [3.05, 3.63) is 28.2 Å². The van der Waals surface area contributed by atoms with Crippen molar-refractivity contribution >= 4 is 27.5 Å². The Labute approximate surface area is 122 Å². The lowest BCUT2D eigenvalue weighted by atomic mass is 9.71. The van der Waals surface area contributed by atoms with Crippen LogP contribution in [0.4, 0.5) is 5.69 Å². The van der Waals surface area contributed by atoms with E-state index in [0.717, 1.165) is 15.7 Å². The molecule has 1 aliphatic rings. The molecule has 0 bridgehead atoms. The van der Waals surface area contributed by atoms with Gasteiger partial charge < -0.3 is 4.90 Å². The second kappa shape index (κ2) is 4.35. The Morgan fingerprint density at radius 1 is 1.47 bits per heavy atom. The number of carbonyl (C=O) groups excluding carboxylic acids is 1. The van der Waals surface area contributed by atoms with Crippen LogP contribution in [0.1, 0.15) is 32.8 Å². The fourth-order valence-corrected chi connectivity index (χ4v) is 3.61. The molecule has 3 nitrogen and oxygen atoms in total. The topological polar surface area (TPSA) is 44.1 Å². The molecule has 1 aromatic carbocycles. The van der Waals surface area contributed by atoms with Gasteiger partial charge in [-0.05, 0) is 54.8 Å². The van der Waals surface area contributed by atoms with Crippen LogP contribution in [0.25, 0.3) is 0 Å². The zero-order valence-electron chi connectivity index (χ0n) is 11.6. The predicted octanol–water partition coefficient (Wildman–Crippen LogP) is 3.62. The molecule has 2 rings (SSSR count). The molecule has 1 atom stereocenters. The highest BCUT2D eigenvalue weighted by atomic mass is 79.9. The molecule has 0 saturated carbocycles. The summed E-state index contributed by atoms with van der Waals surface area (Å²) in [7, 11) is 1.79. The van der Waals surface area contributed by atoms with E-state index in [1.807, 2.05) is 39.0 Å². The largest absolute Gasteiger partial charge is 0.313 e. The quantitative estimate of drug-likeness (QED) is 0.835. The lowest BCUT2D eigenvalue weighted by molar-refractivity contribution is -0.123. The molecule has 4 heteroatoms. The van der Waals surface area contributed by atoms with Crippen LogP contribution in [0.5, 0.6) is 0 Å². The summed E-state index contributed by atoms with van der Waals surface area (Å²) in [5, 5.41) is 9.24. The average molecular weight is 321 g/mol. The van der Waals surface area contributed by atoms with E-state index < -0.39 is 10.8 Å². The van der Waals surface area contributed by atoms with E-state index in [0.29, 0.717) is 6.42 Å². The van der Waals surface area contributed by atoms with Gasteiger partial charge in [0.15, 0.2) is 0 Å². The van der Waals surface area contributed by atoms with Gasteiger partial charge in [-0.15, -0.1) is 0 Å². The van der Waals surface area contributed by atoms with Crippen molar-refractivity contribution in [3.63, 3.8) is 0 Å². The van der Waals surface area contributed by atoms with Crippen molar-refractivity contribution < 1.29 is 4.79 Å². The first-order valence-corrected chi connectivity index (χ1v) is 7.01. The second-order valence-corrected chi connectivity index (χ2v) is 6.86. The Kier molecular flexibility index (Phi) is 3.22. The Bertz CT molecular complexity index is 588. The third-order valence-electron chi connectivity index (χ3n) is 3.79. The standard InChI is InChI=1S/C15H17BrN2O/c1-14(2,9-17)8-15(3)10-6-5-7-11(16)12(10)18(4)13(15)19/h5-7H,8H2,1-4H3/t15-/m0/s1. The van der Waals surface area contributed by atoms with Crippen LogP contribution in [0.3, 0.4) is 0 Å². The zero-order chi connectivity index (χ0) is 14.4. The summed E-state index contributed by atoms with van der Waals surface area (Å²) in [6.45, 7) is 5.69. The van der Waals surface area contributed by atoms with Gasteiger partial charge >= 0.3 is 0 Å². The summed E-state index contributed by atoms with van der Waals surface area (Å²) in [5.41, 5.74) is 0.754. The fourth-order valence-electron chi connectivity index (χ4n) is 2.98. The molecule has 100 valence electrons. The molecule has 1 amide bonds. The summed E-state index contributed by atoms with van der Waals surface area (Å²) >= 11 is 3.50. The van der Waals surface area contributed by atoms with Gasteiger partial charge in [-0.3, -0.25) is 4.79 Å². The van der Waals surface area contributed by atoms with Crippen molar-refractivity contribution in [1.82, 2.24) is 0 Å². The number of fused-ring (bicyclic) bond motifs is 1. The van der Waals surface area contributed by atoms with Crippen molar-refractivity contribution in [2.45, 2.75) is 32.6 Å². The van der Waals surface area contributed by atoms with Crippen molar-refractivity contribution in [3.8, 4) is 6.07 Å². The lowest BCUT2D eigenvalue weighted by Crippen LogP contribution is -2.39. The lowest BCUT2D eigenvalue weighted by Gasteiger charge is -2.29. The van der Waals surface area contributed by atoms with Crippen LogP contribution >= 0.6 is 15.9 Å². The van der Waals surface area contributed by atoms with E-state index in [1.165, 1.54) is 0 Å². The molecular weight excluding hydrogens is 304 g/mol. The summed E-state index contributed by atoms with van der Waals surface area (Å²) in [6, 6.07) is 8.14. The predicted molar refractivity (Wildman–Crippen MR) is 78.9 cm³/mol. The number of hydrogen-bond acceptors (Lipinski definition) is 2. The number of likely N-dealkylation sites (N-methyl/N-ethyl adjacent to an activating group) is 1. The number of benzene rings is 1. The molecule has 0 aliphatic carbocycles. The first kappa shape index (κ1) is 14.1. The highest BCUT2D eigenvalue weighted by Gasteiger charge is 2.49. The van der Waals surface area contributed by atoms with Gasteiger partial charge in [0.05, 0.1) is 22.6 Å². The number of halogens is 1. The SMILES string of the molecule is CN1C(=O)[C@@](C)(CC(C)(C)C#N)c2cccc(Br)c21. The van der Waals surface area contributed by atoms with Gasteiger partial charge in [-0.1, -0.05) is 12.1 Å². The number of para-hydroxylation sites is 1. The molecule has 1 heterocycles. The van der Waals surface area contributed by atoms with Crippen LogP contribution in [0, 0.1) is 16.7 Å². The molecule has 0 radical (unpaired) electrons. The number of nitriles is 1. The highest BCUT2D eigenvalue weighted by Crippen LogP contribution is 2.49. The zero-order valence-corrected chi connectivity index (χ0v) is 13.2. The number of carbonyl (C=O) groups is 1. The normalized spacial score (nSPS) is 22.3. The average Bonchev–Trinajstić information content (AvgIpc) is 2.53. The Morgan fingerprint density at radius 3 is 2.68 bits per heavy atom. The third kappa shape index (κ3) is 2.06. The van der Waals surface area contributed by atoms with E-state index in [4.69, 9.17) is 0 Å².